The first kappa shape index (κ1) is 21.3. The molecule has 29 heavy (non-hydrogen) atoms. The standard InChI is InChI=1S/C19H20N4O3S3/c1-4-7-23-17(25)13-11(12-6-5-8-27-12)9-28-16(13)22-19(23)29-14(10(2)3)15(24)21-18(20)26/h4-6,8-10,14H,1,7H2,2-3H3,(H3,20,21,24,26). The number of fused-ring (bicyclic) bond motifs is 1. The number of hydrogen-bond donors (Lipinski definition) is 2. The smallest absolute Gasteiger partial charge is 0.318 e. The second-order valence-electron chi connectivity index (χ2n) is 6.54. The highest BCUT2D eigenvalue weighted by atomic mass is 32.2. The Bertz CT molecular complexity index is 1120. The van der Waals surface area contributed by atoms with E-state index in [0.29, 0.717) is 15.4 Å². The van der Waals surface area contributed by atoms with Gasteiger partial charge in [0.05, 0.1) is 10.6 Å². The summed E-state index contributed by atoms with van der Waals surface area (Å²) in [4.78, 5) is 43.1. The van der Waals surface area contributed by atoms with Gasteiger partial charge in [0.1, 0.15) is 4.83 Å². The first-order valence-electron chi connectivity index (χ1n) is 8.77. The van der Waals surface area contributed by atoms with Crippen molar-refractivity contribution >= 4 is 56.6 Å². The zero-order chi connectivity index (χ0) is 21.1. The van der Waals surface area contributed by atoms with Gasteiger partial charge in [-0.1, -0.05) is 37.8 Å². The third-order valence-electron chi connectivity index (χ3n) is 4.10. The van der Waals surface area contributed by atoms with E-state index in [1.807, 2.05) is 36.7 Å². The second kappa shape index (κ2) is 8.93. The van der Waals surface area contributed by atoms with Crippen molar-refractivity contribution in [3.8, 4) is 10.4 Å². The van der Waals surface area contributed by atoms with E-state index < -0.39 is 17.2 Å². The molecule has 10 heteroatoms. The molecule has 0 fully saturated rings. The number of imide groups is 1. The Kier molecular flexibility index (Phi) is 6.56. The first-order valence-corrected chi connectivity index (χ1v) is 11.4. The fourth-order valence-electron chi connectivity index (χ4n) is 2.80. The highest BCUT2D eigenvalue weighted by molar-refractivity contribution is 8.00. The van der Waals surface area contributed by atoms with E-state index in [2.05, 4.69) is 16.9 Å². The van der Waals surface area contributed by atoms with E-state index in [1.165, 1.54) is 15.9 Å². The molecule has 0 aromatic carbocycles. The number of carbonyl (C=O) groups excluding carboxylic acids is 2. The van der Waals surface area contributed by atoms with Crippen LogP contribution in [0.15, 0.2) is 45.5 Å². The number of nitrogens with two attached hydrogens (primary N) is 1. The molecule has 7 nitrogen and oxygen atoms in total. The van der Waals surface area contributed by atoms with E-state index in [0.717, 1.165) is 22.2 Å². The van der Waals surface area contributed by atoms with Gasteiger partial charge >= 0.3 is 6.03 Å². The van der Waals surface area contributed by atoms with E-state index in [4.69, 9.17) is 5.73 Å². The lowest BCUT2D eigenvalue weighted by Gasteiger charge is -2.20. The van der Waals surface area contributed by atoms with Crippen LogP contribution in [0.3, 0.4) is 0 Å². The zero-order valence-corrected chi connectivity index (χ0v) is 18.3. The highest BCUT2D eigenvalue weighted by Crippen LogP contribution is 2.35. The molecule has 3 heterocycles. The van der Waals surface area contributed by atoms with Crippen molar-refractivity contribution in [2.24, 2.45) is 11.7 Å². The summed E-state index contributed by atoms with van der Waals surface area (Å²) in [6.45, 7) is 7.70. The van der Waals surface area contributed by atoms with Gasteiger partial charge in [-0.2, -0.15) is 0 Å². The Morgan fingerprint density at radius 3 is 2.76 bits per heavy atom. The topological polar surface area (TPSA) is 107 Å². The van der Waals surface area contributed by atoms with Crippen molar-refractivity contribution in [1.82, 2.24) is 14.9 Å². The van der Waals surface area contributed by atoms with Gasteiger partial charge < -0.3 is 5.73 Å². The van der Waals surface area contributed by atoms with Gasteiger partial charge in [-0.25, -0.2) is 9.78 Å². The number of nitrogens with one attached hydrogen (secondary N) is 1. The average molecular weight is 449 g/mol. The molecule has 3 aromatic rings. The third kappa shape index (κ3) is 4.44. The molecule has 0 aliphatic heterocycles. The van der Waals surface area contributed by atoms with Gasteiger partial charge in [-0.05, 0) is 17.4 Å². The molecule has 3 N–H and O–H groups in total. The third-order valence-corrected chi connectivity index (χ3v) is 7.41. The van der Waals surface area contributed by atoms with Crippen LogP contribution < -0.4 is 16.6 Å². The summed E-state index contributed by atoms with van der Waals surface area (Å²) in [5.74, 6) is -0.628. The number of amides is 3. The number of thiophene rings is 2. The van der Waals surface area contributed by atoms with Crippen LogP contribution >= 0.6 is 34.4 Å². The van der Waals surface area contributed by atoms with Crippen molar-refractivity contribution in [2.45, 2.75) is 30.8 Å². The molecule has 3 aromatic heterocycles. The summed E-state index contributed by atoms with van der Waals surface area (Å²) in [7, 11) is 0. The largest absolute Gasteiger partial charge is 0.351 e. The summed E-state index contributed by atoms with van der Waals surface area (Å²) in [5.41, 5.74) is 5.77. The van der Waals surface area contributed by atoms with Crippen LogP contribution in [-0.2, 0) is 11.3 Å². The highest BCUT2D eigenvalue weighted by Gasteiger charge is 2.27. The molecule has 0 bridgehead atoms. The van der Waals surface area contributed by atoms with Crippen LogP contribution in [0, 0.1) is 5.92 Å². The van der Waals surface area contributed by atoms with Crippen LogP contribution in [0.25, 0.3) is 20.7 Å². The van der Waals surface area contributed by atoms with Crippen LogP contribution in [0.5, 0.6) is 0 Å². The molecule has 1 unspecified atom stereocenters. The molecule has 0 aliphatic carbocycles. The predicted octanol–water partition coefficient (Wildman–Crippen LogP) is 3.68. The van der Waals surface area contributed by atoms with Crippen molar-refractivity contribution in [1.29, 1.82) is 0 Å². The summed E-state index contributed by atoms with van der Waals surface area (Å²) >= 11 is 4.09. The summed E-state index contributed by atoms with van der Waals surface area (Å²) in [5, 5.41) is 6.33. The van der Waals surface area contributed by atoms with Crippen LogP contribution in [-0.4, -0.2) is 26.7 Å². The lowest BCUT2D eigenvalue weighted by Crippen LogP contribution is -2.42. The Morgan fingerprint density at radius 2 is 2.17 bits per heavy atom. The average Bonchev–Trinajstić information content (AvgIpc) is 3.30. The molecular weight excluding hydrogens is 428 g/mol. The number of allylic oxidation sites excluding steroid dienone is 1. The Labute approximate surface area is 179 Å². The SMILES string of the molecule is C=CCn1c(SC(C(=O)NC(N)=O)C(C)C)nc2scc(-c3cccs3)c2c1=O. The van der Waals surface area contributed by atoms with E-state index >= 15 is 0 Å². The number of primary amides is 1. The minimum absolute atomic E-state index is 0.117. The molecule has 0 saturated carbocycles. The quantitative estimate of drug-likeness (QED) is 0.326. The maximum absolute atomic E-state index is 13.3. The zero-order valence-electron chi connectivity index (χ0n) is 15.9. The predicted molar refractivity (Wildman–Crippen MR) is 120 cm³/mol. The molecular formula is C19H20N4O3S3. The van der Waals surface area contributed by atoms with Gasteiger partial charge in [-0.15, -0.1) is 29.3 Å². The van der Waals surface area contributed by atoms with Gasteiger partial charge in [0, 0.05) is 22.4 Å². The number of rotatable bonds is 7. The van der Waals surface area contributed by atoms with Crippen molar-refractivity contribution in [2.75, 3.05) is 0 Å². The molecule has 0 aliphatic rings. The fourth-order valence-corrected chi connectivity index (χ4v) is 5.70. The van der Waals surface area contributed by atoms with E-state index in [-0.39, 0.29) is 18.0 Å². The van der Waals surface area contributed by atoms with Crippen molar-refractivity contribution in [3.05, 3.63) is 45.9 Å². The number of carbonyl (C=O) groups is 2. The number of urea groups is 1. The summed E-state index contributed by atoms with van der Waals surface area (Å²) in [6, 6.07) is 3.00. The van der Waals surface area contributed by atoms with Gasteiger partial charge in [0.2, 0.25) is 5.91 Å². The number of hydrogen-bond acceptors (Lipinski definition) is 7. The van der Waals surface area contributed by atoms with Gasteiger partial charge in [0.25, 0.3) is 5.56 Å². The first-order chi connectivity index (χ1) is 13.8. The molecule has 0 spiro atoms. The second-order valence-corrected chi connectivity index (χ2v) is 9.46. The molecule has 3 rings (SSSR count). The number of aromatic nitrogens is 2. The van der Waals surface area contributed by atoms with Crippen molar-refractivity contribution in [3.63, 3.8) is 0 Å². The lowest BCUT2D eigenvalue weighted by molar-refractivity contribution is -0.120. The maximum atomic E-state index is 13.3. The Balaban J connectivity index is 2.11. The molecule has 0 radical (unpaired) electrons. The fraction of sp³-hybridized carbons (Fsp3) is 0.263. The summed E-state index contributed by atoms with van der Waals surface area (Å²) in [6.07, 6.45) is 1.62. The van der Waals surface area contributed by atoms with Gasteiger partial charge in [0.15, 0.2) is 5.16 Å². The Hall–Kier alpha value is -2.43. The maximum Gasteiger partial charge on any atom is 0.318 e. The molecule has 3 amide bonds. The van der Waals surface area contributed by atoms with E-state index in [9.17, 15) is 14.4 Å². The Morgan fingerprint density at radius 1 is 1.41 bits per heavy atom. The minimum Gasteiger partial charge on any atom is -0.351 e. The minimum atomic E-state index is -0.910. The summed E-state index contributed by atoms with van der Waals surface area (Å²) < 4.78 is 1.51. The van der Waals surface area contributed by atoms with E-state index in [1.54, 1.807) is 17.4 Å². The molecule has 0 saturated heterocycles. The van der Waals surface area contributed by atoms with Crippen molar-refractivity contribution < 1.29 is 9.59 Å². The lowest BCUT2D eigenvalue weighted by atomic mass is 10.1. The normalized spacial score (nSPS) is 12.2. The van der Waals surface area contributed by atoms with Crippen LogP contribution in [0.1, 0.15) is 13.8 Å². The number of thioether (sulfide) groups is 1. The number of nitrogens with zero attached hydrogens (tertiary/aromatic N) is 2. The molecule has 152 valence electrons. The van der Waals surface area contributed by atoms with Crippen LogP contribution in [0.2, 0.25) is 0 Å². The molecule has 1 atom stereocenters. The monoisotopic (exact) mass is 448 g/mol. The van der Waals surface area contributed by atoms with Gasteiger partial charge in [-0.3, -0.25) is 19.5 Å². The van der Waals surface area contributed by atoms with Crippen LogP contribution in [0.4, 0.5) is 4.79 Å².